The molecule has 3 rings (SSSR count). The normalized spacial score (nSPS) is 26.5. The summed E-state index contributed by atoms with van der Waals surface area (Å²) < 4.78 is 13.9. The van der Waals surface area contributed by atoms with Crippen LogP contribution in [0.1, 0.15) is 13.3 Å². The number of rotatable bonds is 0. The quantitative estimate of drug-likeness (QED) is 0.799. The maximum atomic E-state index is 13.4. The van der Waals surface area contributed by atoms with E-state index in [-0.39, 0.29) is 17.8 Å². The lowest BCUT2D eigenvalue weighted by Crippen LogP contribution is -2.46. The van der Waals surface area contributed by atoms with Crippen LogP contribution in [-0.4, -0.2) is 18.5 Å². The van der Waals surface area contributed by atoms with Crippen molar-refractivity contribution >= 4 is 33.2 Å². The van der Waals surface area contributed by atoms with Crippen molar-refractivity contribution < 1.29 is 9.18 Å². The van der Waals surface area contributed by atoms with E-state index in [2.05, 4.69) is 33.1 Å². The van der Waals surface area contributed by atoms with Gasteiger partial charge in [0.25, 0.3) is 0 Å². The van der Waals surface area contributed by atoms with Crippen LogP contribution in [0.15, 0.2) is 16.6 Å². The van der Waals surface area contributed by atoms with Crippen molar-refractivity contribution in [1.82, 2.24) is 0 Å². The molecule has 0 bridgehead atoms. The summed E-state index contributed by atoms with van der Waals surface area (Å²) in [5.74, 6) is -0.0362. The van der Waals surface area contributed by atoms with Crippen molar-refractivity contribution in [3.8, 4) is 0 Å². The number of hydrogen-bond acceptors (Lipinski definition) is 2. The largest absolute Gasteiger partial charge is 0.358 e. The SMILES string of the molecule is CC1CCN2c3cc(Br)c(F)cc3NC(=O)C12. The van der Waals surface area contributed by atoms with Gasteiger partial charge in [-0.05, 0) is 34.3 Å². The molecule has 2 atom stereocenters. The molecule has 1 N–H and O–H groups in total. The van der Waals surface area contributed by atoms with Crippen molar-refractivity contribution in [1.29, 1.82) is 0 Å². The van der Waals surface area contributed by atoms with Gasteiger partial charge in [0, 0.05) is 12.6 Å². The summed E-state index contributed by atoms with van der Waals surface area (Å²) >= 11 is 3.19. The van der Waals surface area contributed by atoms with E-state index >= 15 is 0 Å². The van der Waals surface area contributed by atoms with Gasteiger partial charge in [-0.25, -0.2) is 4.39 Å². The fraction of sp³-hybridized carbons (Fsp3) is 0.417. The topological polar surface area (TPSA) is 32.3 Å². The third-order valence-electron chi connectivity index (χ3n) is 3.57. The van der Waals surface area contributed by atoms with Crippen LogP contribution in [0.5, 0.6) is 0 Å². The highest BCUT2D eigenvalue weighted by molar-refractivity contribution is 9.10. The summed E-state index contributed by atoms with van der Waals surface area (Å²) in [6.07, 6.45) is 0.993. The molecule has 90 valence electrons. The number of carbonyl (C=O) groups is 1. The number of carbonyl (C=O) groups excluding carboxylic acids is 1. The average Bonchev–Trinajstić information content (AvgIpc) is 2.65. The van der Waals surface area contributed by atoms with E-state index in [9.17, 15) is 9.18 Å². The Kier molecular flexibility index (Phi) is 2.40. The third-order valence-corrected chi connectivity index (χ3v) is 4.18. The second kappa shape index (κ2) is 3.70. The first-order valence-electron chi connectivity index (χ1n) is 5.64. The second-order valence-electron chi connectivity index (χ2n) is 4.68. The van der Waals surface area contributed by atoms with Crippen LogP contribution < -0.4 is 10.2 Å². The summed E-state index contributed by atoms with van der Waals surface area (Å²) in [6, 6.07) is 3.01. The Balaban J connectivity index is 2.12. The van der Waals surface area contributed by atoms with Gasteiger partial charge in [0.2, 0.25) is 5.91 Å². The van der Waals surface area contributed by atoms with E-state index in [1.165, 1.54) is 6.07 Å². The number of halogens is 2. The number of anilines is 2. The van der Waals surface area contributed by atoms with Crippen LogP contribution in [0.3, 0.4) is 0 Å². The van der Waals surface area contributed by atoms with Crippen LogP contribution >= 0.6 is 15.9 Å². The molecule has 17 heavy (non-hydrogen) atoms. The Bertz CT molecular complexity index is 506. The number of amides is 1. The first-order valence-corrected chi connectivity index (χ1v) is 6.44. The highest BCUT2D eigenvalue weighted by Crippen LogP contribution is 2.41. The zero-order chi connectivity index (χ0) is 12.2. The average molecular weight is 299 g/mol. The first-order chi connectivity index (χ1) is 8.08. The summed E-state index contributed by atoms with van der Waals surface area (Å²) in [4.78, 5) is 14.0. The Morgan fingerprint density at radius 1 is 1.53 bits per heavy atom. The lowest BCUT2D eigenvalue weighted by Gasteiger charge is -2.34. The highest BCUT2D eigenvalue weighted by Gasteiger charge is 2.41. The van der Waals surface area contributed by atoms with E-state index in [0.29, 0.717) is 16.1 Å². The summed E-state index contributed by atoms with van der Waals surface area (Å²) in [6.45, 7) is 2.93. The van der Waals surface area contributed by atoms with Crippen molar-refractivity contribution in [2.75, 3.05) is 16.8 Å². The van der Waals surface area contributed by atoms with E-state index in [0.717, 1.165) is 18.7 Å². The van der Waals surface area contributed by atoms with Gasteiger partial charge < -0.3 is 10.2 Å². The minimum absolute atomic E-state index is 0.0239. The first kappa shape index (κ1) is 11.0. The molecule has 2 unspecified atom stereocenters. The van der Waals surface area contributed by atoms with Crippen molar-refractivity contribution in [3.05, 3.63) is 22.4 Å². The number of nitrogens with one attached hydrogen (secondary N) is 1. The zero-order valence-electron chi connectivity index (χ0n) is 9.34. The molecule has 0 aliphatic carbocycles. The molecule has 0 saturated carbocycles. The van der Waals surface area contributed by atoms with Gasteiger partial charge in [-0.1, -0.05) is 6.92 Å². The lowest BCUT2D eigenvalue weighted by atomic mass is 10.00. The van der Waals surface area contributed by atoms with Gasteiger partial charge in [-0.2, -0.15) is 0 Å². The molecular weight excluding hydrogens is 287 g/mol. The summed E-state index contributed by atoms with van der Waals surface area (Å²) in [7, 11) is 0. The Labute approximate surface area is 107 Å². The predicted molar refractivity (Wildman–Crippen MR) is 67.6 cm³/mol. The van der Waals surface area contributed by atoms with Crippen LogP contribution in [0.4, 0.5) is 15.8 Å². The molecule has 5 heteroatoms. The monoisotopic (exact) mass is 298 g/mol. The number of nitrogens with zero attached hydrogens (tertiary/aromatic N) is 1. The van der Waals surface area contributed by atoms with Gasteiger partial charge in [-0.15, -0.1) is 0 Å². The van der Waals surface area contributed by atoms with E-state index < -0.39 is 0 Å². The highest BCUT2D eigenvalue weighted by atomic mass is 79.9. The molecule has 2 aliphatic heterocycles. The lowest BCUT2D eigenvalue weighted by molar-refractivity contribution is -0.118. The molecule has 1 amide bonds. The molecular formula is C12H12BrFN2O. The Hall–Kier alpha value is -1.10. The molecule has 1 aromatic rings. The van der Waals surface area contributed by atoms with Crippen LogP contribution in [0.2, 0.25) is 0 Å². The van der Waals surface area contributed by atoms with Gasteiger partial charge in [0.1, 0.15) is 11.9 Å². The third kappa shape index (κ3) is 1.56. The van der Waals surface area contributed by atoms with Gasteiger partial charge >= 0.3 is 0 Å². The molecule has 2 aliphatic rings. The van der Waals surface area contributed by atoms with E-state index in [1.54, 1.807) is 6.07 Å². The maximum absolute atomic E-state index is 13.4. The number of fused-ring (bicyclic) bond motifs is 3. The smallest absolute Gasteiger partial charge is 0.247 e. The molecule has 1 fully saturated rings. The zero-order valence-corrected chi connectivity index (χ0v) is 10.9. The molecule has 0 radical (unpaired) electrons. The van der Waals surface area contributed by atoms with Crippen LogP contribution in [0, 0.1) is 11.7 Å². The van der Waals surface area contributed by atoms with Crippen LogP contribution in [-0.2, 0) is 4.79 Å². The van der Waals surface area contributed by atoms with Gasteiger partial charge in [0.15, 0.2) is 0 Å². The minimum Gasteiger partial charge on any atom is -0.358 e. The standard InChI is InChI=1S/C12H12BrFN2O/c1-6-2-3-16-10-4-7(13)8(14)5-9(10)15-12(17)11(6)16/h4-6,11H,2-3H2,1H3,(H,15,17). The minimum atomic E-state index is -0.352. The molecule has 1 aromatic carbocycles. The van der Waals surface area contributed by atoms with Crippen LogP contribution in [0.25, 0.3) is 0 Å². The fourth-order valence-corrected chi connectivity index (χ4v) is 3.03. The van der Waals surface area contributed by atoms with E-state index in [4.69, 9.17) is 0 Å². The second-order valence-corrected chi connectivity index (χ2v) is 5.53. The van der Waals surface area contributed by atoms with Gasteiger partial charge in [-0.3, -0.25) is 4.79 Å². The summed E-state index contributed by atoms with van der Waals surface area (Å²) in [5, 5.41) is 2.79. The Morgan fingerprint density at radius 2 is 2.29 bits per heavy atom. The molecule has 0 aromatic heterocycles. The molecule has 2 heterocycles. The van der Waals surface area contributed by atoms with Crippen molar-refractivity contribution in [2.24, 2.45) is 5.92 Å². The number of hydrogen-bond donors (Lipinski definition) is 1. The van der Waals surface area contributed by atoms with Gasteiger partial charge in [0.05, 0.1) is 15.8 Å². The van der Waals surface area contributed by atoms with Crippen molar-refractivity contribution in [2.45, 2.75) is 19.4 Å². The number of benzene rings is 1. The fourth-order valence-electron chi connectivity index (χ4n) is 2.70. The Morgan fingerprint density at radius 3 is 3.06 bits per heavy atom. The van der Waals surface area contributed by atoms with Crippen molar-refractivity contribution in [3.63, 3.8) is 0 Å². The molecule has 3 nitrogen and oxygen atoms in total. The molecule has 0 spiro atoms. The molecule has 1 saturated heterocycles. The maximum Gasteiger partial charge on any atom is 0.247 e. The predicted octanol–water partition coefficient (Wildman–Crippen LogP) is 2.76. The summed E-state index contributed by atoms with van der Waals surface area (Å²) in [5.41, 5.74) is 1.48. The van der Waals surface area contributed by atoms with E-state index in [1.807, 2.05) is 0 Å².